The van der Waals surface area contributed by atoms with Crippen LogP contribution in [0.1, 0.15) is 19.3 Å². The molecule has 1 aliphatic heterocycles. The van der Waals surface area contributed by atoms with Crippen LogP contribution in [0, 0.1) is 5.92 Å². The van der Waals surface area contributed by atoms with Gasteiger partial charge in [0.25, 0.3) is 0 Å². The first-order valence-electron chi connectivity index (χ1n) is 7.24. The maximum atomic E-state index is 11.8. The Morgan fingerprint density at radius 1 is 1.25 bits per heavy atom. The molecule has 0 bridgehead atoms. The van der Waals surface area contributed by atoms with E-state index in [2.05, 4.69) is 15.5 Å². The minimum absolute atomic E-state index is 0.223. The van der Waals surface area contributed by atoms with Crippen LogP contribution >= 0.6 is 11.8 Å². The van der Waals surface area contributed by atoms with Gasteiger partial charge in [0, 0.05) is 43.7 Å². The molecular formula is C13H23N3O3S. The van der Waals surface area contributed by atoms with Crippen molar-refractivity contribution in [1.29, 1.82) is 0 Å². The van der Waals surface area contributed by atoms with Gasteiger partial charge >= 0.3 is 12.0 Å². The first-order chi connectivity index (χ1) is 9.66. The highest BCUT2D eigenvalue weighted by Gasteiger charge is 2.33. The topological polar surface area (TPSA) is 81.7 Å². The highest BCUT2D eigenvalue weighted by Crippen LogP contribution is 2.25. The molecule has 1 aliphatic carbocycles. The summed E-state index contributed by atoms with van der Waals surface area (Å²) >= 11 is 1.97. The third-order valence-electron chi connectivity index (χ3n) is 3.97. The number of nitrogens with zero attached hydrogens (tertiary/aromatic N) is 1. The van der Waals surface area contributed by atoms with E-state index in [9.17, 15) is 9.59 Å². The molecule has 0 radical (unpaired) electrons. The standard InChI is InChI=1S/C13H23N3O3S/c17-12(18)10-2-1-3-11(10)15-13(19)14-4-5-16-6-8-20-9-7-16/h10-11H,1-9H2,(H,17,18)(H2,14,15,19). The predicted octanol–water partition coefficient (Wildman–Crippen LogP) is 0.588. The lowest BCUT2D eigenvalue weighted by molar-refractivity contribution is -0.142. The second-order valence-corrected chi connectivity index (χ2v) is 6.56. The quantitative estimate of drug-likeness (QED) is 0.692. The molecule has 0 aromatic rings. The number of hydrogen-bond donors (Lipinski definition) is 3. The number of aliphatic carboxylic acids is 1. The summed E-state index contributed by atoms with van der Waals surface area (Å²) in [4.78, 5) is 25.1. The molecule has 20 heavy (non-hydrogen) atoms. The van der Waals surface area contributed by atoms with Crippen LogP contribution in [0.15, 0.2) is 0 Å². The average Bonchev–Trinajstić information content (AvgIpc) is 2.88. The summed E-state index contributed by atoms with van der Waals surface area (Å²) < 4.78 is 0. The fourth-order valence-electron chi connectivity index (χ4n) is 2.80. The number of carboxylic acids is 1. The normalized spacial score (nSPS) is 27.2. The van der Waals surface area contributed by atoms with Gasteiger partial charge in [-0.2, -0.15) is 11.8 Å². The van der Waals surface area contributed by atoms with Crippen molar-refractivity contribution in [1.82, 2.24) is 15.5 Å². The minimum Gasteiger partial charge on any atom is -0.481 e. The SMILES string of the molecule is O=C(NCCN1CCSCC1)NC1CCCC1C(=O)O. The monoisotopic (exact) mass is 301 g/mol. The van der Waals surface area contributed by atoms with E-state index >= 15 is 0 Å². The molecule has 2 fully saturated rings. The van der Waals surface area contributed by atoms with Gasteiger partial charge in [-0.25, -0.2) is 4.79 Å². The van der Waals surface area contributed by atoms with Gasteiger partial charge in [-0.15, -0.1) is 0 Å². The third kappa shape index (κ3) is 4.56. The molecule has 1 saturated heterocycles. The van der Waals surface area contributed by atoms with Crippen LogP contribution in [0.3, 0.4) is 0 Å². The van der Waals surface area contributed by atoms with Crippen molar-refractivity contribution in [2.24, 2.45) is 5.92 Å². The molecule has 0 aromatic carbocycles. The van der Waals surface area contributed by atoms with E-state index in [1.54, 1.807) is 0 Å². The first-order valence-corrected chi connectivity index (χ1v) is 8.39. The van der Waals surface area contributed by atoms with E-state index < -0.39 is 11.9 Å². The summed E-state index contributed by atoms with van der Waals surface area (Å²) in [6.45, 7) is 3.64. The van der Waals surface area contributed by atoms with E-state index in [4.69, 9.17) is 5.11 Å². The van der Waals surface area contributed by atoms with Gasteiger partial charge in [0.2, 0.25) is 0 Å². The lowest BCUT2D eigenvalue weighted by Gasteiger charge is -2.26. The van der Waals surface area contributed by atoms with E-state index in [1.807, 2.05) is 11.8 Å². The molecule has 6 nitrogen and oxygen atoms in total. The summed E-state index contributed by atoms with van der Waals surface area (Å²) in [7, 11) is 0. The highest BCUT2D eigenvalue weighted by atomic mass is 32.2. The zero-order valence-corrected chi connectivity index (χ0v) is 12.5. The molecule has 1 heterocycles. The van der Waals surface area contributed by atoms with Gasteiger partial charge in [-0.1, -0.05) is 6.42 Å². The lowest BCUT2D eigenvalue weighted by atomic mass is 10.0. The molecule has 7 heteroatoms. The van der Waals surface area contributed by atoms with Gasteiger partial charge in [-0.05, 0) is 12.8 Å². The first kappa shape index (κ1) is 15.4. The van der Waals surface area contributed by atoms with Crippen molar-refractivity contribution >= 4 is 23.8 Å². The van der Waals surface area contributed by atoms with Crippen LogP contribution in [-0.2, 0) is 4.79 Å². The Morgan fingerprint density at radius 2 is 2.00 bits per heavy atom. The summed E-state index contributed by atoms with van der Waals surface area (Å²) in [5.74, 6) is 1.09. The van der Waals surface area contributed by atoms with Crippen LogP contribution in [0.4, 0.5) is 4.79 Å². The molecule has 2 unspecified atom stereocenters. The second kappa shape index (κ2) is 7.73. The fourth-order valence-corrected chi connectivity index (χ4v) is 3.78. The Hall–Kier alpha value is -0.950. The molecule has 2 amide bonds. The van der Waals surface area contributed by atoms with Crippen molar-refractivity contribution in [3.8, 4) is 0 Å². The Labute approximate surface area is 123 Å². The molecule has 2 aliphatic rings. The van der Waals surface area contributed by atoms with E-state index in [0.29, 0.717) is 13.0 Å². The maximum Gasteiger partial charge on any atom is 0.315 e. The lowest BCUT2D eigenvalue weighted by Crippen LogP contribution is -2.47. The smallest absolute Gasteiger partial charge is 0.315 e. The van der Waals surface area contributed by atoms with Gasteiger partial charge < -0.3 is 15.7 Å². The maximum absolute atomic E-state index is 11.8. The van der Waals surface area contributed by atoms with Crippen molar-refractivity contribution in [2.75, 3.05) is 37.7 Å². The van der Waals surface area contributed by atoms with Crippen LogP contribution in [-0.4, -0.2) is 65.7 Å². The highest BCUT2D eigenvalue weighted by molar-refractivity contribution is 7.99. The van der Waals surface area contributed by atoms with E-state index in [-0.39, 0.29) is 12.1 Å². The summed E-state index contributed by atoms with van der Waals surface area (Å²) in [5, 5.41) is 14.7. The Morgan fingerprint density at radius 3 is 2.70 bits per heavy atom. The number of carboxylic acid groups (broad SMARTS) is 1. The zero-order valence-electron chi connectivity index (χ0n) is 11.6. The van der Waals surface area contributed by atoms with Gasteiger partial charge in [0.05, 0.1) is 5.92 Å². The van der Waals surface area contributed by atoms with Crippen LogP contribution in [0.5, 0.6) is 0 Å². The molecule has 114 valence electrons. The van der Waals surface area contributed by atoms with E-state index in [0.717, 1.165) is 44.0 Å². The van der Waals surface area contributed by atoms with Crippen molar-refractivity contribution in [3.05, 3.63) is 0 Å². The minimum atomic E-state index is -0.807. The van der Waals surface area contributed by atoms with Crippen molar-refractivity contribution in [3.63, 3.8) is 0 Å². The molecule has 3 N–H and O–H groups in total. The Bertz CT molecular complexity index is 348. The molecule has 0 aromatic heterocycles. The number of amides is 2. The summed E-state index contributed by atoms with van der Waals surface area (Å²) in [6, 6.07) is -0.464. The second-order valence-electron chi connectivity index (χ2n) is 5.34. The number of hydrogen-bond acceptors (Lipinski definition) is 4. The third-order valence-corrected chi connectivity index (χ3v) is 4.91. The number of nitrogens with one attached hydrogen (secondary N) is 2. The summed E-state index contributed by atoms with van der Waals surface area (Å²) in [5.41, 5.74) is 0. The fraction of sp³-hybridized carbons (Fsp3) is 0.846. The van der Waals surface area contributed by atoms with E-state index in [1.165, 1.54) is 0 Å². The van der Waals surface area contributed by atoms with Crippen molar-refractivity contribution in [2.45, 2.75) is 25.3 Å². The average molecular weight is 301 g/mol. The number of carbonyl (C=O) groups excluding carboxylic acids is 1. The molecule has 2 atom stereocenters. The van der Waals surface area contributed by atoms with Crippen molar-refractivity contribution < 1.29 is 14.7 Å². The molecule has 0 spiro atoms. The molecular weight excluding hydrogens is 278 g/mol. The molecule has 2 rings (SSSR count). The van der Waals surface area contributed by atoms with Crippen LogP contribution < -0.4 is 10.6 Å². The van der Waals surface area contributed by atoms with Gasteiger partial charge in [0.15, 0.2) is 0 Å². The van der Waals surface area contributed by atoms with Gasteiger partial charge in [-0.3, -0.25) is 9.69 Å². The Kier molecular flexibility index (Phi) is 5.97. The molecule has 1 saturated carbocycles. The zero-order chi connectivity index (χ0) is 14.4. The number of urea groups is 1. The van der Waals surface area contributed by atoms with Crippen LogP contribution in [0.25, 0.3) is 0 Å². The number of thioether (sulfide) groups is 1. The summed E-state index contributed by atoms with van der Waals surface area (Å²) in [6.07, 6.45) is 2.28. The van der Waals surface area contributed by atoms with Crippen LogP contribution in [0.2, 0.25) is 0 Å². The Balaban J connectivity index is 1.63. The predicted molar refractivity (Wildman–Crippen MR) is 79.1 cm³/mol. The number of rotatable bonds is 5. The largest absolute Gasteiger partial charge is 0.481 e. The van der Waals surface area contributed by atoms with Gasteiger partial charge in [0.1, 0.15) is 0 Å². The number of carbonyl (C=O) groups is 2.